The van der Waals surface area contributed by atoms with E-state index in [1.54, 1.807) is 0 Å². The molecule has 1 atom stereocenters. The van der Waals surface area contributed by atoms with Gasteiger partial charge in [0.05, 0.1) is 16.2 Å². The highest BCUT2D eigenvalue weighted by Gasteiger charge is 2.51. The first kappa shape index (κ1) is 19.7. The lowest BCUT2D eigenvalue weighted by molar-refractivity contribution is 0.682. The van der Waals surface area contributed by atoms with Crippen molar-refractivity contribution in [2.24, 2.45) is 0 Å². The summed E-state index contributed by atoms with van der Waals surface area (Å²) in [6.45, 7) is 2.17. The van der Waals surface area contributed by atoms with Gasteiger partial charge in [-0.1, -0.05) is 96.6 Å². The normalized spacial score (nSPS) is 14.9. The first-order valence-corrected chi connectivity index (χ1v) is 12.8. The molecule has 1 spiro atoms. The lowest BCUT2D eigenvalue weighted by Crippen LogP contribution is -2.26. The van der Waals surface area contributed by atoms with Crippen LogP contribution >= 0.6 is 0 Å². The molecule has 0 saturated heterocycles. The Kier molecular flexibility index (Phi) is 4.13. The molecule has 2 aliphatic rings. The number of fused-ring (bicyclic) bond motifs is 10. The van der Waals surface area contributed by atoms with Crippen LogP contribution in [0.15, 0.2) is 125 Å². The lowest BCUT2D eigenvalue weighted by Gasteiger charge is -2.30. The van der Waals surface area contributed by atoms with E-state index in [0.29, 0.717) is 0 Å². The predicted octanol–water partition coefficient (Wildman–Crippen LogP) is 7.51. The van der Waals surface area contributed by atoms with Crippen LogP contribution in [-0.2, 0) is 16.2 Å². The van der Waals surface area contributed by atoms with Crippen LogP contribution in [0.3, 0.4) is 0 Å². The van der Waals surface area contributed by atoms with Gasteiger partial charge in [0.25, 0.3) is 0 Å². The molecule has 1 nitrogen and oxygen atoms in total. The molecule has 0 heterocycles. The molecule has 0 radical (unpaired) electrons. The first-order chi connectivity index (χ1) is 16.7. The molecule has 0 bridgehead atoms. The number of benzene rings is 5. The van der Waals surface area contributed by atoms with E-state index in [-0.39, 0.29) is 0 Å². The van der Waals surface area contributed by atoms with Gasteiger partial charge in [-0.25, -0.2) is 4.21 Å². The van der Waals surface area contributed by atoms with Gasteiger partial charge in [0.1, 0.15) is 0 Å². The van der Waals surface area contributed by atoms with Crippen molar-refractivity contribution in [3.05, 3.63) is 143 Å². The summed E-state index contributed by atoms with van der Waals surface area (Å²) in [6.07, 6.45) is 0. The highest BCUT2D eigenvalue weighted by Crippen LogP contribution is 2.62. The molecule has 2 heteroatoms. The Morgan fingerprint density at radius 2 is 1.03 bits per heavy atom. The van der Waals surface area contributed by atoms with Gasteiger partial charge in [-0.15, -0.1) is 0 Å². The summed E-state index contributed by atoms with van der Waals surface area (Å²) < 4.78 is 13.6. The van der Waals surface area contributed by atoms with Crippen molar-refractivity contribution in [3.8, 4) is 22.3 Å². The van der Waals surface area contributed by atoms with Gasteiger partial charge in [0.2, 0.25) is 0 Å². The van der Waals surface area contributed by atoms with Gasteiger partial charge in [0.15, 0.2) is 0 Å². The zero-order valence-corrected chi connectivity index (χ0v) is 19.6. The fraction of sp³-hybridized carbons (Fsp3) is 0.0625. The van der Waals surface area contributed by atoms with Crippen LogP contribution < -0.4 is 0 Å². The smallest absolute Gasteiger partial charge is 0.0849 e. The molecular weight excluding hydrogens is 432 g/mol. The monoisotopic (exact) mass is 454 g/mol. The minimum Gasteiger partial charge on any atom is -0.249 e. The summed E-state index contributed by atoms with van der Waals surface area (Å²) in [4.78, 5) is 1.67. The Bertz CT molecular complexity index is 1590. The Balaban J connectivity index is 1.59. The van der Waals surface area contributed by atoms with Crippen LogP contribution in [0.5, 0.6) is 0 Å². The van der Waals surface area contributed by atoms with Crippen molar-refractivity contribution < 1.29 is 4.21 Å². The quantitative estimate of drug-likeness (QED) is 0.264. The van der Waals surface area contributed by atoms with E-state index in [2.05, 4.69) is 85.8 Å². The summed E-state index contributed by atoms with van der Waals surface area (Å²) in [5.41, 5.74) is 11.1. The molecular formula is C32H22OS. The standard InChI is InChI=1S/C32H22OS/c1-21-15-17-26-27-18-16-23(34(33)22-9-3-2-4-10-22)20-31(27)32(30(26)19-21)28-13-7-5-11-24(28)25-12-6-8-14-29(25)32/h2-20H,1H3. The maximum Gasteiger partial charge on any atom is 0.0849 e. The van der Waals surface area contributed by atoms with Crippen molar-refractivity contribution in [3.63, 3.8) is 0 Å². The molecule has 7 rings (SSSR count). The molecule has 0 aliphatic heterocycles. The fourth-order valence-electron chi connectivity index (χ4n) is 6.03. The largest absolute Gasteiger partial charge is 0.249 e. The van der Waals surface area contributed by atoms with Crippen molar-refractivity contribution in [2.45, 2.75) is 22.1 Å². The van der Waals surface area contributed by atoms with Crippen LogP contribution in [0.4, 0.5) is 0 Å². The molecule has 34 heavy (non-hydrogen) atoms. The minimum atomic E-state index is -1.24. The zero-order chi connectivity index (χ0) is 22.9. The second-order valence-corrected chi connectivity index (χ2v) is 10.7. The SMILES string of the molecule is Cc1ccc2c(c1)C1(c3ccccc3-c3ccccc31)c1cc(S(=O)c3ccccc3)ccc1-2. The number of rotatable bonds is 2. The van der Waals surface area contributed by atoms with Crippen molar-refractivity contribution in [1.82, 2.24) is 0 Å². The third-order valence-electron chi connectivity index (χ3n) is 7.39. The second kappa shape index (κ2) is 7.12. The molecule has 5 aromatic carbocycles. The van der Waals surface area contributed by atoms with Gasteiger partial charge in [-0.2, -0.15) is 0 Å². The van der Waals surface area contributed by atoms with Gasteiger partial charge in [-0.05, 0) is 75.7 Å². The van der Waals surface area contributed by atoms with E-state index in [1.165, 1.54) is 50.1 Å². The molecule has 1 unspecified atom stereocenters. The first-order valence-electron chi connectivity index (χ1n) is 11.6. The summed E-state index contributed by atoms with van der Waals surface area (Å²) in [5, 5.41) is 0. The number of hydrogen-bond donors (Lipinski definition) is 0. The Morgan fingerprint density at radius 1 is 0.500 bits per heavy atom. The average molecular weight is 455 g/mol. The van der Waals surface area contributed by atoms with Crippen LogP contribution in [0.1, 0.15) is 27.8 Å². The summed E-state index contributed by atoms with van der Waals surface area (Å²) in [7, 11) is -1.24. The minimum absolute atomic E-state index is 0.402. The van der Waals surface area contributed by atoms with Crippen LogP contribution in [0.25, 0.3) is 22.3 Å². The molecule has 0 saturated carbocycles. The van der Waals surface area contributed by atoms with Gasteiger partial charge in [-0.3, -0.25) is 0 Å². The van der Waals surface area contributed by atoms with E-state index in [9.17, 15) is 4.21 Å². The Morgan fingerprint density at radius 3 is 1.71 bits per heavy atom. The highest BCUT2D eigenvalue weighted by atomic mass is 32.2. The molecule has 2 aliphatic carbocycles. The maximum atomic E-state index is 13.6. The highest BCUT2D eigenvalue weighted by molar-refractivity contribution is 7.85. The van der Waals surface area contributed by atoms with Gasteiger partial charge < -0.3 is 0 Å². The maximum absolute atomic E-state index is 13.6. The molecule has 0 N–H and O–H groups in total. The van der Waals surface area contributed by atoms with E-state index in [1.807, 2.05) is 36.4 Å². The van der Waals surface area contributed by atoms with Crippen molar-refractivity contribution in [1.29, 1.82) is 0 Å². The molecule has 0 aromatic heterocycles. The Labute approximate surface area is 202 Å². The van der Waals surface area contributed by atoms with E-state index in [0.717, 1.165) is 9.79 Å². The fourth-order valence-corrected chi connectivity index (χ4v) is 7.12. The topological polar surface area (TPSA) is 17.1 Å². The molecule has 5 aromatic rings. The second-order valence-electron chi connectivity index (χ2n) is 9.18. The number of hydrogen-bond acceptors (Lipinski definition) is 1. The summed E-state index contributed by atoms with van der Waals surface area (Å²) in [6, 6.07) is 40.5. The summed E-state index contributed by atoms with van der Waals surface area (Å²) >= 11 is 0. The van der Waals surface area contributed by atoms with Crippen molar-refractivity contribution >= 4 is 10.8 Å². The van der Waals surface area contributed by atoms with E-state index in [4.69, 9.17) is 0 Å². The Hall–Kier alpha value is -3.75. The van der Waals surface area contributed by atoms with Crippen LogP contribution in [0.2, 0.25) is 0 Å². The zero-order valence-electron chi connectivity index (χ0n) is 18.8. The third-order valence-corrected chi connectivity index (χ3v) is 8.77. The summed E-state index contributed by atoms with van der Waals surface area (Å²) in [5.74, 6) is 0. The third kappa shape index (κ3) is 2.47. The van der Waals surface area contributed by atoms with Gasteiger partial charge in [0, 0.05) is 9.79 Å². The van der Waals surface area contributed by atoms with E-state index < -0.39 is 16.2 Å². The molecule has 0 amide bonds. The average Bonchev–Trinajstić information content (AvgIpc) is 3.35. The van der Waals surface area contributed by atoms with Gasteiger partial charge >= 0.3 is 0 Å². The molecule has 162 valence electrons. The van der Waals surface area contributed by atoms with E-state index >= 15 is 0 Å². The van der Waals surface area contributed by atoms with Crippen LogP contribution in [-0.4, -0.2) is 4.21 Å². The number of aryl methyl sites for hydroxylation is 1. The lowest BCUT2D eigenvalue weighted by atomic mass is 9.70. The van der Waals surface area contributed by atoms with Crippen molar-refractivity contribution in [2.75, 3.05) is 0 Å². The molecule has 0 fully saturated rings. The van der Waals surface area contributed by atoms with Crippen LogP contribution in [0, 0.1) is 6.92 Å². The predicted molar refractivity (Wildman–Crippen MR) is 139 cm³/mol.